The lowest BCUT2D eigenvalue weighted by atomic mass is 10.2. The van der Waals surface area contributed by atoms with E-state index in [4.69, 9.17) is 4.43 Å². The van der Waals surface area contributed by atoms with E-state index in [0.29, 0.717) is 5.04 Å². The summed E-state index contributed by atoms with van der Waals surface area (Å²) >= 11 is 0. The van der Waals surface area contributed by atoms with Gasteiger partial charge in [-0.05, 0) is 47.4 Å². The van der Waals surface area contributed by atoms with E-state index in [9.17, 15) is 0 Å². The summed E-state index contributed by atoms with van der Waals surface area (Å²) in [7, 11) is -3.27. The third-order valence-corrected chi connectivity index (χ3v) is 14.4. The van der Waals surface area contributed by atoms with Gasteiger partial charge in [0.05, 0.1) is 0 Å². The average Bonchev–Trinajstić information content (AvgIpc) is 2.28. The Morgan fingerprint density at radius 1 is 0.773 bits per heavy atom. The molecule has 0 aliphatic rings. The molecule has 0 heterocycles. The Kier molecular flexibility index (Phi) is 5.30. The molecule has 1 N–H and O–H groups in total. The maximum Gasteiger partial charge on any atom is 0.250 e. The van der Waals surface area contributed by atoms with E-state index in [2.05, 4.69) is 97.0 Å². The molecule has 0 saturated carbocycles. The normalized spacial score (nSPS) is 13.9. The van der Waals surface area contributed by atoms with Crippen molar-refractivity contribution in [2.45, 2.75) is 77.8 Å². The van der Waals surface area contributed by atoms with Crippen molar-refractivity contribution in [3.05, 3.63) is 24.3 Å². The van der Waals surface area contributed by atoms with Gasteiger partial charge in [0, 0.05) is 5.69 Å². The summed E-state index contributed by atoms with van der Waals surface area (Å²) in [5.41, 5.74) is 1.20. The minimum Gasteiger partial charge on any atom is -0.544 e. The maximum absolute atomic E-state index is 6.34. The van der Waals surface area contributed by atoms with Gasteiger partial charge in [0.25, 0.3) is 0 Å². The SMILES string of the molecule is CC(C)(C)[Si](C)(C)Nc1ccc(O[Si](C)(C)C(C)(C)C)cc1. The Bertz CT molecular complexity index is 446. The molecule has 0 bridgehead atoms. The second-order valence-electron chi connectivity index (χ2n) is 9.39. The Balaban J connectivity index is 2.85. The van der Waals surface area contributed by atoms with Crippen molar-refractivity contribution >= 4 is 22.2 Å². The van der Waals surface area contributed by atoms with Crippen LogP contribution in [0.3, 0.4) is 0 Å². The Morgan fingerprint density at radius 2 is 1.23 bits per heavy atom. The van der Waals surface area contributed by atoms with E-state index in [1.807, 2.05) is 0 Å². The molecule has 2 nitrogen and oxygen atoms in total. The van der Waals surface area contributed by atoms with E-state index < -0.39 is 16.6 Å². The lowest BCUT2D eigenvalue weighted by Crippen LogP contribution is -2.45. The number of anilines is 1. The molecule has 1 aromatic rings. The Labute approximate surface area is 139 Å². The molecule has 4 heteroatoms. The molecule has 0 saturated heterocycles. The maximum atomic E-state index is 6.34. The standard InChI is InChI=1S/C18H35NOSi2/c1-17(2,3)21(7,8)19-15-11-13-16(14-12-15)20-22(9,10)18(4,5)6/h11-14,19H,1-10H3. The van der Waals surface area contributed by atoms with Crippen LogP contribution in [0.1, 0.15) is 41.5 Å². The number of hydrogen-bond donors (Lipinski definition) is 1. The van der Waals surface area contributed by atoms with Crippen molar-refractivity contribution in [3.8, 4) is 5.75 Å². The van der Waals surface area contributed by atoms with Crippen LogP contribution >= 0.6 is 0 Å². The third-order valence-electron chi connectivity index (χ3n) is 5.37. The number of hydrogen-bond acceptors (Lipinski definition) is 2. The van der Waals surface area contributed by atoms with Crippen LogP contribution < -0.4 is 9.41 Å². The zero-order chi connectivity index (χ0) is 17.4. The highest BCUT2D eigenvalue weighted by Crippen LogP contribution is 2.38. The van der Waals surface area contributed by atoms with E-state index >= 15 is 0 Å². The molecule has 0 amide bonds. The van der Waals surface area contributed by atoms with E-state index in [1.165, 1.54) is 5.69 Å². The summed E-state index contributed by atoms with van der Waals surface area (Å²) in [5, 5.41) is 0.550. The van der Waals surface area contributed by atoms with Crippen LogP contribution in [0.25, 0.3) is 0 Å². The van der Waals surface area contributed by atoms with E-state index in [0.717, 1.165) is 5.75 Å². The first kappa shape index (κ1) is 19.3. The topological polar surface area (TPSA) is 21.3 Å². The molecule has 0 aliphatic carbocycles. The predicted molar refractivity (Wildman–Crippen MR) is 105 cm³/mol. The summed E-state index contributed by atoms with van der Waals surface area (Å²) in [6, 6.07) is 8.53. The number of nitrogens with one attached hydrogen (secondary N) is 1. The fourth-order valence-electron chi connectivity index (χ4n) is 1.60. The van der Waals surface area contributed by atoms with E-state index in [1.54, 1.807) is 0 Å². The minimum absolute atomic E-state index is 0.227. The zero-order valence-electron chi connectivity index (χ0n) is 16.2. The number of benzene rings is 1. The van der Waals surface area contributed by atoms with Gasteiger partial charge in [0.2, 0.25) is 8.32 Å². The lowest BCUT2D eigenvalue weighted by molar-refractivity contribution is 0.492. The van der Waals surface area contributed by atoms with Gasteiger partial charge in [-0.3, -0.25) is 0 Å². The number of rotatable bonds is 4. The van der Waals surface area contributed by atoms with Gasteiger partial charge in [-0.2, -0.15) is 0 Å². The van der Waals surface area contributed by atoms with Crippen LogP contribution in [0.4, 0.5) is 5.69 Å². The van der Waals surface area contributed by atoms with Gasteiger partial charge < -0.3 is 9.41 Å². The van der Waals surface area contributed by atoms with Crippen LogP contribution in [0.15, 0.2) is 24.3 Å². The molecule has 0 fully saturated rings. The highest BCUT2D eigenvalue weighted by molar-refractivity contribution is 6.83. The van der Waals surface area contributed by atoms with Gasteiger partial charge in [0.15, 0.2) is 8.24 Å². The molecular formula is C18H35NOSi2. The quantitative estimate of drug-likeness (QED) is 0.634. The highest BCUT2D eigenvalue weighted by Gasteiger charge is 2.39. The summed E-state index contributed by atoms with van der Waals surface area (Å²) in [6.45, 7) is 23.1. The fraction of sp³-hybridized carbons (Fsp3) is 0.667. The second kappa shape index (κ2) is 6.04. The van der Waals surface area contributed by atoms with Gasteiger partial charge in [0.1, 0.15) is 5.75 Å². The largest absolute Gasteiger partial charge is 0.544 e. The van der Waals surface area contributed by atoms with Gasteiger partial charge >= 0.3 is 0 Å². The molecule has 0 aromatic heterocycles. The van der Waals surface area contributed by atoms with Gasteiger partial charge in [-0.1, -0.05) is 54.6 Å². The minimum atomic E-state index is -1.75. The first-order chi connectivity index (χ1) is 9.66. The Hall–Kier alpha value is -0.746. The first-order valence-corrected chi connectivity index (χ1v) is 14.1. The summed E-state index contributed by atoms with van der Waals surface area (Å²) in [5.74, 6) is 0.993. The van der Waals surface area contributed by atoms with Gasteiger partial charge in [-0.15, -0.1) is 0 Å². The molecule has 0 radical (unpaired) electrons. The molecule has 1 rings (SSSR count). The second-order valence-corrected chi connectivity index (χ2v) is 19.1. The zero-order valence-corrected chi connectivity index (χ0v) is 18.2. The van der Waals surface area contributed by atoms with Crippen molar-refractivity contribution in [3.63, 3.8) is 0 Å². The molecular weight excluding hydrogens is 302 g/mol. The van der Waals surface area contributed by atoms with E-state index in [-0.39, 0.29) is 5.04 Å². The Morgan fingerprint density at radius 3 is 1.59 bits per heavy atom. The van der Waals surface area contributed by atoms with Crippen LogP contribution in [0, 0.1) is 0 Å². The van der Waals surface area contributed by atoms with Crippen LogP contribution in [-0.4, -0.2) is 16.6 Å². The molecule has 0 unspecified atom stereocenters. The molecule has 0 spiro atoms. The van der Waals surface area contributed by atoms with Crippen LogP contribution in [0.5, 0.6) is 5.75 Å². The predicted octanol–water partition coefficient (Wildman–Crippen LogP) is 6.49. The molecule has 1 aromatic carbocycles. The highest BCUT2D eigenvalue weighted by atomic mass is 28.4. The van der Waals surface area contributed by atoms with Crippen molar-refractivity contribution < 1.29 is 4.43 Å². The summed E-state index contributed by atoms with van der Waals surface area (Å²) < 4.78 is 6.34. The lowest BCUT2D eigenvalue weighted by Gasteiger charge is -2.38. The van der Waals surface area contributed by atoms with Crippen molar-refractivity contribution in [1.82, 2.24) is 0 Å². The first-order valence-electron chi connectivity index (χ1n) is 8.23. The van der Waals surface area contributed by atoms with Crippen LogP contribution in [-0.2, 0) is 0 Å². The van der Waals surface area contributed by atoms with Crippen molar-refractivity contribution in [2.75, 3.05) is 4.98 Å². The van der Waals surface area contributed by atoms with Crippen molar-refractivity contribution in [1.29, 1.82) is 0 Å². The molecule has 22 heavy (non-hydrogen) atoms. The summed E-state index contributed by atoms with van der Waals surface area (Å²) in [4.78, 5) is 3.77. The fourth-order valence-corrected chi connectivity index (χ4v) is 3.90. The molecule has 0 atom stereocenters. The summed E-state index contributed by atoms with van der Waals surface area (Å²) in [6.07, 6.45) is 0. The smallest absolute Gasteiger partial charge is 0.250 e. The molecule has 0 aliphatic heterocycles. The van der Waals surface area contributed by atoms with Gasteiger partial charge in [-0.25, -0.2) is 0 Å². The third kappa shape index (κ3) is 4.62. The average molecular weight is 338 g/mol. The molecule has 126 valence electrons. The van der Waals surface area contributed by atoms with Crippen LogP contribution in [0.2, 0.25) is 36.3 Å². The van der Waals surface area contributed by atoms with Crippen molar-refractivity contribution in [2.24, 2.45) is 0 Å². The monoisotopic (exact) mass is 337 g/mol.